The van der Waals surface area contributed by atoms with Gasteiger partial charge in [-0.2, -0.15) is 0 Å². The minimum atomic E-state index is 0.00860. The molecule has 0 heterocycles. The average Bonchev–Trinajstić information content (AvgIpc) is 2.71. The maximum Gasteiger partial charge on any atom is 0.227 e. The van der Waals surface area contributed by atoms with Crippen LogP contribution in [0.3, 0.4) is 0 Å². The molecule has 2 unspecified atom stereocenters. The van der Waals surface area contributed by atoms with Crippen LogP contribution in [0.2, 0.25) is 0 Å². The van der Waals surface area contributed by atoms with Gasteiger partial charge in [0.25, 0.3) is 0 Å². The van der Waals surface area contributed by atoms with Crippen molar-refractivity contribution in [3.05, 3.63) is 65.7 Å². The minimum Gasteiger partial charge on any atom is -0.352 e. The number of anilines is 1. The zero-order valence-electron chi connectivity index (χ0n) is 16.6. The Balaban J connectivity index is 1.92. The van der Waals surface area contributed by atoms with Crippen molar-refractivity contribution < 1.29 is 4.79 Å². The Morgan fingerprint density at radius 2 is 1.81 bits per heavy atom. The lowest BCUT2D eigenvalue weighted by Crippen LogP contribution is -2.38. The molecular weight excluding hydrogens is 336 g/mol. The van der Waals surface area contributed by atoms with Gasteiger partial charge in [-0.15, -0.1) is 0 Å². The van der Waals surface area contributed by atoms with Crippen molar-refractivity contribution in [2.45, 2.75) is 39.8 Å². The molecule has 0 bridgehead atoms. The summed E-state index contributed by atoms with van der Waals surface area (Å²) in [5, 5.41) is 9.69. The highest BCUT2D eigenvalue weighted by Crippen LogP contribution is 2.14. The second kappa shape index (κ2) is 10.4. The van der Waals surface area contributed by atoms with Crippen LogP contribution in [0.25, 0.3) is 0 Å². The van der Waals surface area contributed by atoms with Crippen molar-refractivity contribution in [3.63, 3.8) is 0 Å². The molecule has 5 heteroatoms. The first kappa shape index (κ1) is 20.5. The van der Waals surface area contributed by atoms with Gasteiger partial charge in [-0.05, 0) is 36.6 Å². The third-order valence-electron chi connectivity index (χ3n) is 4.59. The zero-order chi connectivity index (χ0) is 19.6. The van der Waals surface area contributed by atoms with E-state index in [0.29, 0.717) is 6.54 Å². The van der Waals surface area contributed by atoms with Crippen molar-refractivity contribution in [3.8, 4) is 0 Å². The number of amides is 1. The van der Waals surface area contributed by atoms with Gasteiger partial charge < -0.3 is 16.0 Å². The Kier molecular flexibility index (Phi) is 7.86. The van der Waals surface area contributed by atoms with E-state index in [1.807, 2.05) is 56.3 Å². The molecular formula is C22H30N4O. The molecule has 144 valence electrons. The number of nitrogens with one attached hydrogen (secondary N) is 3. The third-order valence-corrected chi connectivity index (χ3v) is 4.59. The average molecular weight is 367 g/mol. The van der Waals surface area contributed by atoms with E-state index in [9.17, 15) is 4.79 Å². The molecule has 0 radical (unpaired) electrons. The second-order valence-corrected chi connectivity index (χ2v) is 6.70. The Bertz CT molecular complexity index is 758. The Morgan fingerprint density at radius 3 is 2.48 bits per heavy atom. The molecule has 5 nitrogen and oxygen atoms in total. The van der Waals surface area contributed by atoms with Crippen LogP contribution in [0.1, 0.15) is 44.4 Å². The highest BCUT2D eigenvalue weighted by Gasteiger charge is 2.11. The van der Waals surface area contributed by atoms with E-state index in [1.54, 1.807) is 7.05 Å². The summed E-state index contributed by atoms with van der Waals surface area (Å²) in [6.45, 7) is 6.67. The molecule has 2 aromatic rings. The summed E-state index contributed by atoms with van der Waals surface area (Å²) >= 11 is 0. The van der Waals surface area contributed by atoms with Crippen molar-refractivity contribution in [2.24, 2.45) is 10.9 Å². The lowest BCUT2D eigenvalue weighted by molar-refractivity contribution is -0.119. The van der Waals surface area contributed by atoms with Crippen molar-refractivity contribution in [1.29, 1.82) is 0 Å². The summed E-state index contributed by atoms with van der Waals surface area (Å²) in [7, 11) is 1.76. The number of hydrogen-bond donors (Lipinski definition) is 3. The first-order valence-corrected chi connectivity index (χ1v) is 9.45. The molecule has 0 aliphatic rings. The molecule has 3 N–H and O–H groups in total. The number of aliphatic imine (C=N–C) groups is 1. The van der Waals surface area contributed by atoms with E-state index in [-0.39, 0.29) is 17.9 Å². The standard InChI is InChI=1S/C22H30N4O/c1-5-16(2)21(27)26-20-13-9-10-18(14-20)15-24-22(23-4)25-17(3)19-11-7-6-8-12-19/h6-14,16-17H,5,15H2,1-4H3,(H,26,27)(H2,23,24,25). The first-order chi connectivity index (χ1) is 13.0. The number of nitrogens with zero attached hydrogens (tertiary/aromatic N) is 1. The largest absolute Gasteiger partial charge is 0.352 e. The highest BCUT2D eigenvalue weighted by molar-refractivity contribution is 5.92. The molecule has 27 heavy (non-hydrogen) atoms. The Labute approximate surface area is 162 Å². The fourth-order valence-corrected chi connectivity index (χ4v) is 2.62. The van der Waals surface area contributed by atoms with Crippen LogP contribution in [-0.2, 0) is 11.3 Å². The van der Waals surface area contributed by atoms with E-state index in [0.717, 1.165) is 23.6 Å². The first-order valence-electron chi connectivity index (χ1n) is 9.45. The SMILES string of the molecule is CCC(C)C(=O)Nc1cccc(CNC(=NC)NC(C)c2ccccc2)c1. The number of rotatable bonds is 7. The van der Waals surface area contributed by atoms with Gasteiger partial charge in [-0.1, -0.05) is 56.3 Å². The quantitative estimate of drug-likeness (QED) is 0.511. The number of benzene rings is 2. The lowest BCUT2D eigenvalue weighted by Gasteiger charge is -2.18. The van der Waals surface area contributed by atoms with Gasteiger partial charge >= 0.3 is 0 Å². The zero-order valence-corrected chi connectivity index (χ0v) is 16.6. The van der Waals surface area contributed by atoms with E-state index in [4.69, 9.17) is 0 Å². The minimum absolute atomic E-state index is 0.00860. The van der Waals surface area contributed by atoms with E-state index in [2.05, 4.69) is 40.0 Å². The molecule has 0 fully saturated rings. The monoisotopic (exact) mass is 366 g/mol. The molecule has 2 rings (SSSR count). The van der Waals surface area contributed by atoms with Crippen molar-refractivity contribution >= 4 is 17.6 Å². The van der Waals surface area contributed by atoms with Crippen LogP contribution in [-0.4, -0.2) is 18.9 Å². The molecule has 0 aromatic heterocycles. The van der Waals surface area contributed by atoms with Gasteiger partial charge in [0.15, 0.2) is 5.96 Å². The highest BCUT2D eigenvalue weighted by atomic mass is 16.1. The smallest absolute Gasteiger partial charge is 0.227 e. The maximum absolute atomic E-state index is 12.1. The summed E-state index contributed by atoms with van der Waals surface area (Å²) in [4.78, 5) is 16.4. The number of hydrogen-bond acceptors (Lipinski definition) is 2. The van der Waals surface area contributed by atoms with Crippen LogP contribution in [0.5, 0.6) is 0 Å². The van der Waals surface area contributed by atoms with E-state index in [1.165, 1.54) is 5.56 Å². The van der Waals surface area contributed by atoms with Crippen molar-refractivity contribution in [2.75, 3.05) is 12.4 Å². The molecule has 0 saturated heterocycles. The van der Waals surface area contributed by atoms with Gasteiger partial charge in [-0.3, -0.25) is 9.79 Å². The fraction of sp³-hybridized carbons (Fsp3) is 0.364. The number of guanidine groups is 1. The van der Waals surface area contributed by atoms with E-state index >= 15 is 0 Å². The normalized spacial score (nSPS) is 13.6. The lowest BCUT2D eigenvalue weighted by atomic mass is 10.1. The van der Waals surface area contributed by atoms with Crippen LogP contribution in [0, 0.1) is 5.92 Å². The number of carbonyl (C=O) groups is 1. The summed E-state index contributed by atoms with van der Waals surface area (Å²) in [6, 6.07) is 18.3. The predicted molar refractivity (Wildman–Crippen MR) is 113 cm³/mol. The van der Waals surface area contributed by atoms with Gasteiger partial charge in [0.05, 0.1) is 6.04 Å². The molecule has 0 aliphatic carbocycles. The van der Waals surface area contributed by atoms with Crippen LogP contribution < -0.4 is 16.0 Å². The summed E-state index contributed by atoms with van der Waals surface area (Å²) in [5.74, 6) is 0.798. The molecule has 2 atom stereocenters. The van der Waals surface area contributed by atoms with Gasteiger partial charge in [0.2, 0.25) is 5.91 Å². The molecule has 0 saturated carbocycles. The summed E-state index contributed by atoms with van der Waals surface area (Å²) in [5.41, 5.74) is 3.10. The topological polar surface area (TPSA) is 65.5 Å². The fourth-order valence-electron chi connectivity index (χ4n) is 2.62. The Hall–Kier alpha value is -2.82. The molecule has 0 spiro atoms. The third kappa shape index (κ3) is 6.44. The van der Waals surface area contributed by atoms with Gasteiger partial charge in [-0.25, -0.2) is 0 Å². The predicted octanol–water partition coefficient (Wildman–Crippen LogP) is 4.10. The molecule has 0 aliphatic heterocycles. The van der Waals surface area contributed by atoms with Crippen molar-refractivity contribution in [1.82, 2.24) is 10.6 Å². The molecule has 1 amide bonds. The summed E-state index contributed by atoms with van der Waals surface area (Å²) in [6.07, 6.45) is 0.828. The van der Waals surface area contributed by atoms with Crippen LogP contribution >= 0.6 is 0 Å². The summed E-state index contributed by atoms with van der Waals surface area (Å²) < 4.78 is 0. The molecule has 2 aromatic carbocycles. The van der Waals surface area contributed by atoms with Gasteiger partial charge in [0.1, 0.15) is 0 Å². The maximum atomic E-state index is 12.1. The van der Waals surface area contributed by atoms with Crippen LogP contribution in [0.4, 0.5) is 5.69 Å². The second-order valence-electron chi connectivity index (χ2n) is 6.70. The Morgan fingerprint density at radius 1 is 1.07 bits per heavy atom. The van der Waals surface area contributed by atoms with E-state index < -0.39 is 0 Å². The van der Waals surface area contributed by atoms with Gasteiger partial charge in [0, 0.05) is 25.2 Å². The van der Waals surface area contributed by atoms with Crippen LogP contribution in [0.15, 0.2) is 59.6 Å². The number of carbonyl (C=O) groups excluding carboxylic acids is 1.